The number of benzene rings is 1. The molecule has 1 heterocycles. The first-order chi connectivity index (χ1) is 8.25. The fourth-order valence-electron chi connectivity index (χ4n) is 2.67. The van der Waals surface area contributed by atoms with E-state index >= 15 is 0 Å². The van der Waals surface area contributed by atoms with Crippen molar-refractivity contribution in [2.45, 2.75) is 38.2 Å². The van der Waals surface area contributed by atoms with E-state index in [1.165, 1.54) is 5.56 Å². The van der Waals surface area contributed by atoms with E-state index in [1.54, 1.807) is 0 Å². The zero-order valence-corrected chi connectivity index (χ0v) is 10.1. The first-order valence-corrected chi connectivity index (χ1v) is 6.37. The molecular formula is C14H18O3. The summed E-state index contributed by atoms with van der Waals surface area (Å²) in [6.07, 6.45) is 2.44. The fourth-order valence-corrected chi connectivity index (χ4v) is 2.67. The molecule has 1 aromatic carbocycles. The summed E-state index contributed by atoms with van der Waals surface area (Å²) in [6.45, 7) is 3.61. The molecule has 3 rings (SSSR count). The highest BCUT2D eigenvalue weighted by atomic mass is 16.5. The molecule has 1 N–H and O–H groups in total. The molecular weight excluding hydrogens is 216 g/mol. The summed E-state index contributed by atoms with van der Waals surface area (Å²) in [5, 5.41) is 10.1. The van der Waals surface area contributed by atoms with E-state index in [0.29, 0.717) is 19.1 Å². The van der Waals surface area contributed by atoms with Gasteiger partial charge in [-0.2, -0.15) is 0 Å². The van der Waals surface area contributed by atoms with Crippen molar-refractivity contribution in [2.24, 2.45) is 0 Å². The van der Waals surface area contributed by atoms with Crippen molar-refractivity contribution in [3.05, 3.63) is 23.3 Å². The van der Waals surface area contributed by atoms with E-state index in [0.717, 1.165) is 36.3 Å². The Labute approximate surface area is 101 Å². The molecule has 3 nitrogen and oxygen atoms in total. The third-order valence-electron chi connectivity index (χ3n) is 3.72. The quantitative estimate of drug-likeness (QED) is 0.750. The van der Waals surface area contributed by atoms with Gasteiger partial charge in [0.05, 0.1) is 19.3 Å². The van der Waals surface area contributed by atoms with E-state index in [9.17, 15) is 5.11 Å². The number of aliphatic hydroxyl groups is 1. The van der Waals surface area contributed by atoms with Gasteiger partial charge in [0, 0.05) is 6.42 Å². The smallest absolute Gasteiger partial charge is 0.161 e. The SMILES string of the molecule is CC1CC[C@@H](O)c2cc3c(cc21)OCCCO3. The summed E-state index contributed by atoms with van der Waals surface area (Å²) in [6, 6.07) is 4.03. The number of hydrogen-bond acceptors (Lipinski definition) is 3. The van der Waals surface area contributed by atoms with Crippen LogP contribution in [0.1, 0.15) is 49.3 Å². The molecule has 1 unspecified atom stereocenters. The minimum absolute atomic E-state index is 0.349. The van der Waals surface area contributed by atoms with Crippen LogP contribution in [0.5, 0.6) is 11.5 Å². The molecule has 0 bridgehead atoms. The standard InChI is InChI=1S/C14H18O3/c1-9-3-4-12(15)11-8-14-13(7-10(9)11)16-5-2-6-17-14/h7-9,12,15H,2-6H2,1H3/t9?,12-/m1/s1. The molecule has 92 valence electrons. The molecule has 1 aliphatic carbocycles. The average Bonchev–Trinajstić information content (AvgIpc) is 2.57. The summed E-state index contributed by atoms with van der Waals surface area (Å²) >= 11 is 0. The van der Waals surface area contributed by atoms with Crippen molar-refractivity contribution in [3.63, 3.8) is 0 Å². The van der Waals surface area contributed by atoms with Crippen LogP contribution >= 0.6 is 0 Å². The maximum atomic E-state index is 10.1. The normalized spacial score (nSPS) is 27.2. The Bertz CT molecular complexity index is 389. The fraction of sp³-hybridized carbons (Fsp3) is 0.571. The summed E-state index contributed by atoms with van der Waals surface area (Å²) < 4.78 is 11.4. The summed E-state index contributed by atoms with van der Waals surface area (Å²) in [4.78, 5) is 0. The number of ether oxygens (including phenoxy) is 2. The number of hydrogen-bond donors (Lipinski definition) is 1. The van der Waals surface area contributed by atoms with Gasteiger partial charge in [0.25, 0.3) is 0 Å². The van der Waals surface area contributed by atoms with Crippen molar-refractivity contribution < 1.29 is 14.6 Å². The molecule has 1 aromatic rings. The second-order valence-corrected chi connectivity index (χ2v) is 4.97. The highest BCUT2D eigenvalue weighted by molar-refractivity contribution is 5.50. The zero-order chi connectivity index (χ0) is 11.8. The number of aliphatic hydroxyl groups excluding tert-OH is 1. The van der Waals surface area contributed by atoms with Crippen molar-refractivity contribution in [1.82, 2.24) is 0 Å². The lowest BCUT2D eigenvalue weighted by Crippen LogP contribution is -2.13. The van der Waals surface area contributed by atoms with Crippen LogP contribution in [0.15, 0.2) is 12.1 Å². The maximum absolute atomic E-state index is 10.1. The van der Waals surface area contributed by atoms with Gasteiger partial charge in [0.1, 0.15) is 0 Å². The van der Waals surface area contributed by atoms with Crippen LogP contribution in [0.3, 0.4) is 0 Å². The maximum Gasteiger partial charge on any atom is 0.161 e. The van der Waals surface area contributed by atoms with Crippen LogP contribution in [0, 0.1) is 0 Å². The molecule has 1 aliphatic heterocycles. The highest BCUT2D eigenvalue weighted by Crippen LogP contribution is 2.43. The highest BCUT2D eigenvalue weighted by Gasteiger charge is 2.26. The number of fused-ring (bicyclic) bond motifs is 2. The molecule has 0 saturated carbocycles. The van der Waals surface area contributed by atoms with Crippen LogP contribution in [0.2, 0.25) is 0 Å². The molecule has 0 amide bonds. The molecule has 3 heteroatoms. The van der Waals surface area contributed by atoms with E-state index in [2.05, 4.69) is 13.0 Å². The minimum Gasteiger partial charge on any atom is -0.490 e. The molecule has 0 spiro atoms. The van der Waals surface area contributed by atoms with Gasteiger partial charge in [0.15, 0.2) is 11.5 Å². The van der Waals surface area contributed by atoms with Gasteiger partial charge >= 0.3 is 0 Å². The molecule has 0 aromatic heterocycles. The van der Waals surface area contributed by atoms with Gasteiger partial charge in [-0.25, -0.2) is 0 Å². The van der Waals surface area contributed by atoms with Gasteiger partial charge in [-0.3, -0.25) is 0 Å². The van der Waals surface area contributed by atoms with E-state index in [4.69, 9.17) is 9.47 Å². The van der Waals surface area contributed by atoms with Crippen LogP contribution in [0.4, 0.5) is 0 Å². The largest absolute Gasteiger partial charge is 0.490 e. The minimum atomic E-state index is -0.349. The lowest BCUT2D eigenvalue weighted by molar-refractivity contribution is 0.151. The van der Waals surface area contributed by atoms with Gasteiger partial charge in [-0.05, 0) is 42.0 Å². The van der Waals surface area contributed by atoms with Crippen LogP contribution < -0.4 is 9.47 Å². The Hall–Kier alpha value is -1.22. The number of rotatable bonds is 0. The first-order valence-electron chi connectivity index (χ1n) is 6.37. The Morgan fingerprint density at radius 1 is 1.06 bits per heavy atom. The second kappa shape index (κ2) is 4.22. The molecule has 17 heavy (non-hydrogen) atoms. The monoisotopic (exact) mass is 234 g/mol. The van der Waals surface area contributed by atoms with Crippen molar-refractivity contribution in [2.75, 3.05) is 13.2 Å². The zero-order valence-electron chi connectivity index (χ0n) is 10.1. The molecule has 0 saturated heterocycles. The van der Waals surface area contributed by atoms with Gasteiger partial charge in [-0.1, -0.05) is 6.92 Å². The molecule has 0 radical (unpaired) electrons. The predicted octanol–water partition coefficient (Wildman–Crippen LogP) is 2.78. The van der Waals surface area contributed by atoms with Crippen LogP contribution in [-0.2, 0) is 0 Å². The topological polar surface area (TPSA) is 38.7 Å². The summed E-state index contributed by atoms with van der Waals surface area (Å²) in [5.74, 6) is 2.11. The van der Waals surface area contributed by atoms with E-state index < -0.39 is 0 Å². The van der Waals surface area contributed by atoms with E-state index in [-0.39, 0.29) is 6.10 Å². The molecule has 2 atom stereocenters. The van der Waals surface area contributed by atoms with E-state index in [1.807, 2.05) is 6.07 Å². The van der Waals surface area contributed by atoms with Crippen molar-refractivity contribution in [3.8, 4) is 11.5 Å². The second-order valence-electron chi connectivity index (χ2n) is 4.97. The Morgan fingerprint density at radius 3 is 2.41 bits per heavy atom. The first kappa shape index (κ1) is 10.9. The summed E-state index contributed by atoms with van der Waals surface area (Å²) in [5.41, 5.74) is 2.24. The lowest BCUT2D eigenvalue weighted by Gasteiger charge is -2.27. The van der Waals surface area contributed by atoms with Gasteiger partial charge in [-0.15, -0.1) is 0 Å². The summed E-state index contributed by atoms with van der Waals surface area (Å²) in [7, 11) is 0. The third kappa shape index (κ3) is 1.89. The lowest BCUT2D eigenvalue weighted by atomic mass is 9.82. The Morgan fingerprint density at radius 2 is 1.71 bits per heavy atom. The van der Waals surface area contributed by atoms with Crippen LogP contribution in [0.25, 0.3) is 0 Å². The van der Waals surface area contributed by atoms with Gasteiger partial charge in [0.2, 0.25) is 0 Å². The predicted molar refractivity (Wildman–Crippen MR) is 64.7 cm³/mol. The Kier molecular flexibility index (Phi) is 2.71. The van der Waals surface area contributed by atoms with Crippen molar-refractivity contribution in [1.29, 1.82) is 0 Å². The molecule has 2 aliphatic rings. The van der Waals surface area contributed by atoms with Gasteiger partial charge < -0.3 is 14.6 Å². The third-order valence-corrected chi connectivity index (χ3v) is 3.72. The van der Waals surface area contributed by atoms with Crippen LogP contribution in [-0.4, -0.2) is 18.3 Å². The molecule has 0 fully saturated rings. The average molecular weight is 234 g/mol. The Balaban J connectivity index is 2.08. The van der Waals surface area contributed by atoms with Crippen molar-refractivity contribution >= 4 is 0 Å².